The van der Waals surface area contributed by atoms with Crippen molar-refractivity contribution < 1.29 is 13.2 Å². The highest BCUT2D eigenvalue weighted by molar-refractivity contribution is 7.89. The first-order valence-corrected chi connectivity index (χ1v) is 6.99. The zero-order valence-corrected chi connectivity index (χ0v) is 10.8. The van der Waals surface area contributed by atoms with Crippen LogP contribution in [0.1, 0.15) is 6.92 Å². The lowest BCUT2D eigenvalue weighted by Gasteiger charge is -2.06. The zero-order valence-electron chi connectivity index (χ0n) is 9.23. The Morgan fingerprint density at radius 3 is 2.71 bits per heavy atom. The minimum Gasteiger partial charge on any atom is -0.325 e. The third-order valence-corrected chi connectivity index (χ3v) is 3.52. The Balaban J connectivity index is 2.51. The van der Waals surface area contributed by atoms with Gasteiger partial charge in [0.05, 0.1) is 12.3 Å². The zero-order chi connectivity index (χ0) is 12.9. The number of hydrogen-bond donors (Lipinski definition) is 2. The first-order chi connectivity index (χ1) is 7.93. The average Bonchev–Trinajstić information content (AvgIpc) is 2.27. The predicted molar refractivity (Wildman–Crippen MR) is 67.5 cm³/mol. The summed E-state index contributed by atoms with van der Waals surface area (Å²) >= 11 is 5.74. The quantitative estimate of drug-likeness (QED) is 0.849. The van der Waals surface area contributed by atoms with Gasteiger partial charge in [-0.25, -0.2) is 13.1 Å². The van der Waals surface area contributed by atoms with Gasteiger partial charge in [0.15, 0.2) is 0 Å². The number of halogens is 1. The van der Waals surface area contributed by atoms with E-state index in [0.717, 1.165) is 0 Å². The summed E-state index contributed by atoms with van der Waals surface area (Å²) < 4.78 is 24.4. The first kappa shape index (κ1) is 14.0. The van der Waals surface area contributed by atoms with E-state index in [1.165, 1.54) is 6.92 Å². The number of hydrogen-bond acceptors (Lipinski definition) is 3. The van der Waals surface area contributed by atoms with E-state index in [1.54, 1.807) is 24.3 Å². The third-order valence-electron chi connectivity index (χ3n) is 1.94. The van der Waals surface area contributed by atoms with Crippen molar-refractivity contribution in [2.45, 2.75) is 6.92 Å². The number of rotatable bonds is 5. The van der Waals surface area contributed by atoms with Crippen molar-refractivity contribution in [1.29, 1.82) is 0 Å². The molecule has 0 heterocycles. The molecular formula is C10H13ClN2O3S. The average molecular weight is 277 g/mol. The van der Waals surface area contributed by atoms with Crippen LogP contribution in [0.2, 0.25) is 5.02 Å². The molecule has 0 fully saturated rings. The van der Waals surface area contributed by atoms with Gasteiger partial charge in [-0.2, -0.15) is 0 Å². The molecule has 0 saturated carbocycles. The fourth-order valence-electron chi connectivity index (χ4n) is 1.05. The van der Waals surface area contributed by atoms with Gasteiger partial charge in [0.25, 0.3) is 0 Å². The predicted octanol–water partition coefficient (Wildman–Crippen LogP) is 1.22. The third kappa shape index (κ3) is 5.16. The standard InChI is InChI=1S/C10H13ClN2O3S/c1-2-17(15,16)12-7-10(14)13-9-5-3-4-8(11)6-9/h3-6,12H,2,7H2,1H3,(H,13,14). The normalized spacial score (nSPS) is 11.2. The maximum Gasteiger partial charge on any atom is 0.239 e. The second-order valence-corrected chi connectivity index (χ2v) is 5.82. The Morgan fingerprint density at radius 2 is 2.12 bits per heavy atom. The first-order valence-electron chi connectivity index (χ1n) is 4.95. The van der Waals surface area contributed by atoms with Crippen LogP contribution in [0.25, 0.3) is 0 Å². The molecule has 0 spiro atoms. The molecule has 0 atom stereocenters. The lowest BCUT2D eigenvalue weighted by Crippen LogP contribution is -2.33. The summed E-state index contributed by atoms with van der Waals surface area (Å²) in [7, 11) is -3.35. The van der Waals surface area contributed by atoms with Crippen molar-refractivity contribution in [3.63, 3.8) is 0 Å². The van der Waals surface area contributed by atoms with Crippen LogP contribution in [0.3, 0.4) is 0 Å². The number of benzene rings is 1. The smallest absolute Gasteiger partial charge is 0.239 e. The molecule has 2 N–H and O–H groups in total. The Labute approximate surface area is 105 Å². The summed E-state index contributed by atoms with van der Waals surface area (Å²) in [6.45, 7) is 1.21. The number of nitrogens with one attached hydrogen (secondary N) is 2. The van der Waals surface area contributed by atoms with E-state index < -0.39 is 15.9 Å². The van der Waals surface area contributed by atoms with Crippen LogP contribution in [0.15, 0.2) is 24.3 Å². The summed E-state index contributed by atoms with van der Waals surface area (Å²) in [5.41, 5.74) is 0.526. The lowest BCUT2D eigenvalue weighted by molar-refractivity contribution is -0.115. The van der Waals surface area contributed by atoms with Crippen LogP contribution in [-0.2, 0) is 14.8 Å². The van der Waals surface area contributed by atoms with Gasteiger partial charge in [-0.05, 0) is 25.1 Å². The van der Waals surface area contributed by atoms with E-state index in [0.29, 0.717) is 10.7 Å². The van der Waals surface area contributed by atoms with Crippen LogP contribution in [0.5, 0.6) is 0 Å². The van der Waals surface area contributed by atoms with Crippen LogP contribution < -0.4 is 10.0 Å². The molecule has 1 aromatic rings. The summed E-state index contributed by atoms with van der Waals surface area (Å²) in [4.78, 5) is 11.4. The monoisotopic (exact) mass is 276 g/mol. The highest BCUT2D eigenvalue weighted by Gasteiger charge is 2.09. The molecule has 17 heavy (non-hydrogen) atoms. The second-order valence-electron chi connectivity index (χ2n) is 3.28. The second kappa shape index (κ2) is 6.00. The van der Waals surface area contributed by atoms with E-state index in [-0.39, 0.29) is 12.3 Å². The molecule has 94 valence electrons. The van der Waals surface area contributed by atoms with Crippen molar-refractivity contribution in [2.24, 2.45) is 0 Å². The van der Waals surface area contributed by atoms with Gasteiger partial charge in [0.2, 0.25) is 15.9 Å². The lowest BCUT2D eigenvalue weighted by atomic mass is 10.3. The molecular weight excluding hydrogens is 264 g/mol. The molecule has 0 bridgehead atoms. The number of sulfonamides is 1. The van der Waals surface area contributed by atoms with Gasteiger partial charge in [-0.3, -0.25) is 4.79 Å². The van der Waals surface area contributed by atoms with E-state index in [9.17, 15) is 13.2 Å². The van der Waals surface area contributed by atoms with Crippen LogP contribution in [-0.4, -0.2) is 26.6 Å². The Kier molecular flexibility index (Phi) is 4.92. The maximum atomic E-state index is 11.4. The fourth-order valence-corrected chi connectivity index (χ4v) is 1.79. The van der Waals surface area contributed by atoms with Gasteiger partial charge in [0, 0.05) is 10.7 Å². The molecule has 0 aliphatic carbocycles. The van der Waals surface area contributed by atoms with E-state index >= 15 is 0 Å². The molecule has 1 rings (SSSR count). The molecule has 7 heteroatoms. The van der Waals surface area contributed by atoms with Gasteiger partial charge < -0.3 is 5.32 Å². The van der Waals surface area contributed by atoms with Gasteiger partial charge in [-0.15, -0.1) is 0 Å². The van der Waals surface area contributed by atoms with Crippen molar-refractivity contribution in [3.05, 3.63) is 29.3 Å². The van der Waals surface area contributed by atoms with Crippen molar-refractivity contribution >= 4 is 33.2 Å². The molecule has 0 radical (unpaired) electrons. The SMILES string of the molecule is CCS(=O)(=O)NCC(=O)Nc1cccc(Cl)c1. The molecule has 5 nitrogen and oxygen atoms in total. The number of carbonyl (C=O) groups is 1. The van der Waals surface area contributed by atoms with E-state index in [2.05, 4.69) is 10.0 Å². The Hall–Kier alpha value is -1.11. The van der Waals surface area contributed by atoms with Gasteiger partial charge in [-0.1, -0.05) is 17.7 Å². The highest BCUT2D eigenvalue weighted by atomic mass is 35.5. The van der Waals surface area contributed by atoms with Crippen molar-refractivity contribution in [3.8, 4) is 0 Å². The van der Waals surface area contributed by atoms with Gasteiger partial charge >= 0.3 is 0 Å². The largest absolute Gasteiger partial charge is 0.325 e. The molecule has 0 unspecified atom stereocenters. The number of carbonyl (C=O) groups excluding carboxylic acids is 1. The number of anilines is 1. The maximum absolute atomic E-state index is 11.4. The summed E-state index contributed by atoms with van der Waals surface area (Å²) in [6.07, 6.45) is 0. The van der Waals surface area contributed by atoms with Crippen LogP contribution >= 0.6 is 11.6 Å². The molecule has 0 aliphatic heterocycles. The Bertz CT molecular complexity index is 502. The number of amides is 1. The van der Waals surface area contributed by atoms with Crippen molar-refractivity contribution in [1.82, 2.24) is 4.72 Å². The summed E-state index contributed by atoms with van der Waals surface area (Å²) in [6, 6.07) is 6.61. The highest BCUT2D eigenvalue weighted by Crippen LogP contribution is 2.14. The molecule has 0 saturated heterocycles. The van der Waals surface area contributed by atoms with E-state index in [1.807, 2.05) is 0 Å². The minimum atomic E-state index is -3.35. The summed E-state index contributed by atoms with van der Waals surface area (Å²) in [5, 5.41) is 3.03. The Morgan fingerprint density at radius 1 is 1.41 bits per heavy atom. The molecule has 0 aliphatic rings. The molecule has 1 amide bonds. The summed E-state index contributed by atoms with van der Waals surface area (Å²) in [5.74, 6) is -0.499. The van der Waals surface area contributed by atoms with Crippen LogP contribution in [0, 0.1) is 0 Å². The van der Waals surface area contributed by atoms with E-state index in [4.69, 9.17) is 11.6 Å². The topological polar surface area (TPSA) is 75.3 Å². The fraction of sp³-hybridized carbons (Fsp3) is 0.300. The van der Waals surface area contributed by atoms with Crippen molar-refractivity contribution in [2.75, 3.05) is 17.6 Å². The molecule has 1 aromatic carbocycles. The minimum absolute atomic E-state index is 0.0581. The van der Waals surface area contributed by atoms with Crippen LogP contribution in [0.4, 0.5) is 5.69 Å². The molecule has 0 aromatic heterocycles. The van der Waals surface area contributed by atoms with Gasteiger partial charge in [0.1, 0.15) is 0 Å².